The van der Waals surface area contributed by atoms with Crippen molar-refractivity contribution in [1.82, 2.24) is 0 Å². The standard InChI is InChI=1S/2C15H12F5.Fe/c2*1-15(2,3)8-5-4-7(6-8)9-10(16)12(18)14(20)13(19)11(9)17;/h2*4-6H,1-3H3;/q2*-1;. The van der Waals surface area contributed by atoms with Gasteiger partial charge in [-0.25, -0.2) is 56.0 Å². The minimum Gasteiger partial charge on any atom is -0.206 e. The van der Waals surface area contributed by atoms with Gasteiger partial charge in [-0.15, -0.1) is 0 Å². The maximum absolute atomic E-state index is 13.7. The molecule has 4 aromatic carbocycles. The van der Waals surface area contributed by atoms with E-state index in [-0.39, 0.29) is 39.0 Å². The van der Waals surface area contributed by atoms with Crippen LogP contribution in [0.15, 0.2) is 36.4 Å². The van der Waals surface area contributed by atoms with Crippen LogP contribution in [0.4, 0.5) is 43.9 Å². The largest absolute Gasteiger partial charge is 0.206 e. The molecule has 0 radical (unpaired) electrons. The van der Waals surface area contributed by atoms with Gasteiger partial charge < -0.3 is 0 Å². The SMILES string of the molecule is CC(C)(C)[c-]1ccc(-c2c(F)c(F)c(F)c(F)c2F)c1.CC(C)(C)[c-]1ccc(-c2c(F)c(F)c(F)c(F)c2F)c1.[Fe]. The van der Waals surface area contributed by atoms with E-state index >= 15 is 0 Å². The Hall–Kier alpha value is -3.04. The van der Waals surface area contributed by atoms with Crippen LogP contribution in [0.1, 0.15) is 52.7 Å². The first-order valence-electron chi connectivity index (χ1n) is 11.9. The number of hydrogen-bond acceptors (Lipinski definition) is 0. The molecule has 0 saturated carbocycles. The van der Waals surface area contributed by atoms with Crippen LogP contribution < -0.4 is 0 Å². The summed E-state index contributed by atoms with van der Waals surface area (Å²) in [5, 5.41) is 0. The Bertz CT molecular complexity index is 1390. The third-order valence-corrected chi connectivity index (χ3v) is 6.24. The van der Waals surface area contributed by atoms with Crippen LogP contribution in [-0.4, -0.2) is 0 Å². The molecule has 11 heteroatoms. The van der Waals surface area contributed by atoms with E-state index in [0.29, 0.717) is 0 Å². The number of benzene rings is 2. The van der Waals surface area contributed by atoms with Crippen molar-refractivity contribution in [2.24, 2.45) is 0 Å². The Morgan fingerprint density at radius 2 is 0.634 bits per heavy atom. The summed E-state index contributed by atoms with van der Waals surface area (Å²) in [6, 6.07) is 8.76. The van der Waals surface area contributed by atoms with Crippen LogP contribution in [0.25, 0.3) is 22.3 Å². The van der Waals surface area contributed by atoms with Crippen molar-refractivity contribution in [1.29, 1.82) is 0 Å². The third kappa shape index (κ3) is 6.56. The average molecular weight is 630 g/mol. The van der Waals surface area contributed by atoms with Crippen molar-refractivity contribution >= 4 is 0 Å². The van der Waals surface area contributed by atoms with Crippen molar-refractivity contribution in [2.45, 2.75) is 52.4 Å². The molecule has 0 atom stereocenters. The molecular formula is C30H24F10Fe-2. The van der Waals surface area contributed by atoms with Gasteiger partial charge in [0.25, 0.3) is 0 Å². The fourth-order valence-corrected chi connectivity index (χ4v) is 3.85. The van der Waals surface area contributed by atoms with E-state index in [1.807, 2.05) is 41.5 Å². The van der Waals surface area contributed by atoms with Gasteiger partial charge in [-0.2, -0.15) is 46.5 Å². The van der Waals surface area contributed by atoms with Gasteiger partial charge >= 0.3 is 0 Å². The fourth-order valence-electron chi connectivity index (χ4n) is 3.85. The van der Waals surface area contributed by atoms with Gasteiger partial charge in [-0.05, 0) is 11.1 Å². The van der Waals surface area contributed by atoms with Crippen molar-refractivity contribution in [3.63, 3.8) is 0 Å². The molecule has 0 heterocycles. The quantitative estimate of drug-likeness (QED) is 0.0680. The predicted octanol–water partition coefficient (Wildman–Crippen LogP) is 10.1. The predicted molar refractivity (Wildman–Crippen MR) is 132 cm³/mol. The second-order valence-corrected chi connectivity index (χ2v) is 11.2. The number of hydrogen-bond donors (Lipinski definition) is 0. The van der Waals surface area contributed by atoms with Crippen molar-refractivity contribution < 1.29 is 61.0 Å². The van der Waals surface area contributed by atoms with E-state index in [4.69, 9.17) is 0 Å². The van der Waals surface area contributed by atoms with E-state index in [2.05, 4.69) is 0 Å². The van der Waals surface area contributed by atoms with E-state index in [0.717, 1.165) is 11.1 Å². The molecule has 0 saturated heterocycles. The molecule has 4 aromatic rings. The molecule has 0 aliphatic carbocycles. The van der Waals surface area contributed by atoms with Crippen LogP contribution in [0.2, 0.25) is 0 Å². The first-order chi connectivity index (χ1) is 18.3. The molecule has 0 aliphatic heterocycles. The molecule has 0 fully saturated rings. The molecule has 0 N–H and O–H groups in total. The maximum atomic E-state index is 13.7. The van der Waals surface area contributed by atoms with Gasteiger partial charge in [-0.3, -0.25) is 0 Å². The summed E-state index contributed by atoms with van der Waals surface area (Å²) in [6.07, 6.45) is 0. The van der Waals surface area contributed by atoms with Crippen molar-refractivity contribution in [3.8, 4) is 22.3 Å². The van der Waals surface area contributed by atoms with Crippen LogP contribution in [-0.2, 0) is 27.9 Å². The molecule has 0 aromatic heterocycles. The van der Waals surface area contributed by atoms with Crippen molar-refractivity contribution in [2.75, 3.05) is 0 Å². The summed E-state index contributed by atoms with van der Waals surface area (Å²) in [5.74, 6) is -19.3. The van der Waals surface area contributed by atoms with Crippen LogP contribution in [0.3, 0.4) is 0 Å². The summed E-state index contributed by atoms with van der Waals surface area (Å²) in [7, 11) is 0. The normalized spacial score (nSPS) is 11.7. The first-order valence-corrected chi connectivity index (χ1v) is 11.9. The number of rotatable bonds is 2. The third-order valence-electron chi connectivity index (χ3n) is 6.24. The smallest absolute Gasteiger partial charge is 0.200 e. The molecule has 0 bridgehead atoms. The van der Waals surface area contributed by atoms with E-state index in [1.54, 1.807) is 12.1 Å². The van der Waals surface area contributed by atoms with Gasteiger partial charge in [0.1, 0.15) is 0 Å². The zero-order valence-electron chi connectivity index (χ0n) is 22.6. The van der Waals surface area contributed by atoms with Gasteiger partial charge in [0.05, 0.1) is 0 Å². The molecule has 4 rings (SSSR count). The van der Waals surface area contributed by atoms with Crippen molar-refractivity contribution in [3.05, 3.63) is 106 Å². The fraction of sp³-hybridized carbons (Fsp3) is 0.267. The molecule has 0 aliphatic rings. The topological polar surface area (TPSA) is 0 Å². The van der Waals surface area contributed by atoms with Crippen LogP contribution >= 0.6 is 0 Å². The minimum atomic E-state index is -2.15. The monoisotopic (exact) mass is 630 g/mol. The molecule has 0 spiro atoms. The molecule has 0 amide bonds. The first kappa shape index (κ1) is 34.2. The van der Waals surface area contributed by atoms with E-state index in [9.17, 15) is 43.9 Å². The molecule has 0 unspecified atom stereocenters. The molecule has 224 valence electrons. The minimum absolute atomic E-state index is 0. The van der Waals surface area contributed by atoms with E-state index in [1.165, 1.54) is 24.3 Å². The zero-order valence-corrected chi connectivity index (χ0v) is 23.7. The summed E-state index contributed by atoms with van der Waals surface area (Å²) < 4.78 is 133. The summed E-state index contributed by atoms with van der Waals surface area (Å²) in [4.78, 5) is 0. The van der Waals surface area contributed by atoms with Gasteiger partial charge in [0, 0.05) is 17.1 Å². The molecule has 41 heavy (non-hydrogen) atoms. The van der Waals surface area contributed by atoms with Crippen LogP contribution in [0.5, 0.6) is 0 Å². The average Bonchev–Trinajstić information content (AvgIpc) is 3.55. The maximum Gasteiger partial charge on any atom is 0.200 e. The van der Waals surface area contributed by atoms with Gasteiger partial charge in [-0.1, -0.05) is 52.4 Å². The Morgan fingerprint density at radius 1 is 0.415 bits per heavy atom. The molecular weight excluding hydrogens is 606 g/mol. The molecule has 0 nitrogen and oxygen atoms in total. The Labute approximate surface area is 241 Å². The summed E-state index contributed by atoms with van der Waals surface area (Å²) in [5.41, 5.74) is -0.919. The Kier molecular flexibility index (Phi) is 10.0. The summed E-state index contributed by atoms with van der Waals surface area (Å²) >= 11 is 0. The van der Waals surface area contributed by atoms with Crippen LogP contribution in [0, 0.1) is 58.2 Å². The number of halogens is 10. The Balaban J connectivity index is 0.000000280. The van der Waals surface area contributed by atoms with E-state index < -0.39 is 69.3 Å². The van der Waals surface area contributed by atoms with Gasteiger partial charge in [0.15, 0.2) is 58.2 Å². The summed E-state index contributed by atoms with van der Waals surface area (Å²) in [6.45, 7) is 11.3. The zero-order chi connectivity index (χ0) is 30.5. The second kappa shape index (κ2) is 12.1. The second-order valence-electron chi connectivity index (χ2n) is 11.2. The Morgan fingerprint density at radius 3 is 0.829 bits per heavy atom. The van der Waals surface area contributed by atoms with Gasteiger partial charge in [0.2, 0.25) is 0 Å².